The van der Waals surface area contributed by atoms with E-state index in [1.165, 1.54) is 32.0 Å². The molecule has 0 spiro atoms. The zero-order valence-corrected chi connectivity index (χ0v) is 11.2. The molecule has 102 valence electrons. The highest BCUT2D eigenvalue weighted by atomic mass is 35.5. The molecule has 0 heterocycles. The van der Waals surface area contributed by atoms with Crippen molar-refractivity contribution >= 4 is 29.3 Å². The van der Waals surface area contributed by atoms with Crippen molar-refractivity contribution in [1.82, 2.24) is 5.32 Å². The van der Waals surface area contributed by atoms with Crippen LogP contribution in [-0.4, -0.2) is 23.8 Å². The number of imide groups is 1. The fourth-order valence-corrected chi connectivity index (χ4v) is 1.51. The second-order valence-electron chi connectivity index (χ2n) is 3.81. The van der Waals surface area contributed by atoms with E-state index in [0.29, 0.717) is 5.56 Å². The van der Waals surface area contributed by atoms with Crippen LogP contribution in [0.4, 0.5) is 4.79 Å². The number of amides is 3. The van der Waals surface area contributed by atoms with Gasteiger partial charge in [-0.1, -0.05) is 11.6 Å². The molecule has 3 amide bonds. The molecule has 1 rings (SSSR count). The zero-order chi connectivity index (χ0) is 14.6. The van der Waals surface area contributed by atoms with Crippen LogP contribution in [0.25, 0.3) is 0 Å². The Labute approximate surface area is 114 Å². The fraction of sp³-hybridized carbons (Fsp3) is 0.250. The second-order valence-corrected chi connectivity index (χ2v) is 4.22. The van der Waals surface area contributed by atoms with E-state index in [0.717, 1.165) is 0 Å². The molecule has 6 nitrogen and oxygen atoms in total. The van der Waals surface area contributed by atoms with Gasteiger partial charge in [-0.2, -0.15) is 0 Å². The number of carbonyl (C=O) groups excluding carboxylic acids is 3. The number of rotatable bonds is 4. The van der Waals surface area contributed by atoms with Crippen molar-refractivity contribution < 1.29 is 19.1 Å². The Kier molecular flexibility index (Phi) is 4.88. The molecule has 7 heteroatoms. The van der Waals surface area contributed by atoms with Crippen molar-refractivity contribution in [3.8, 4) is 5.75 Å². The first-order chi connectivity index (χ1) is 8.81. The lowest BCUT2D eigenvalue weighted by Crippen LogP contribution is -2.42. The second kappa shape index (κ2) is 6.19. The number of hydrogen-bond donors (Lipinski definition) is 2. The lowest BCUT2D eigenvalue weighted by Gasteiger charge is -2.14. The largest absolute Gasteiger partial charge is 0.479 e. The minimum Gasteiger partial charge on any atom is -0.479 e. The first kappa shape index (κ1) is 15.0. The smallest absolute Gasteiger partial charge is 0.318 e. The van der Waals surface area contributed by atoms with Gasteiger partial charge in [0.1, 0.15) is 5.75 Å². The number of primary amides is 1. The van der Waals surface area contributed by atoms with Gasteiger partial charge in [-0.25, -0.2) is 4.79 Å². The maximum atomic E-state index is 11.4. The van der Waals surface area contributed by atoms with Crippen molar-refractivity contribution in [3.63, 3.8) is 0 Å². The molecule has 1 aromatic carbocycles. The van der Waals surface area contributed by atoms with Gasteiger partial charge in [0, 0.05) is 5.56 Å². The van der Waals surface area contributed by atoms with Crippen LogP contribution in [0, 0.1) is 0 Å². The Bertz CT molecular complexity index is 530. The van der Waals surface area contributed by atoms with E-state index in [2.05, 4.69) is 0 Å². The first-order valence-corrected chi connectivity index (χ1v) is 5.76. The van der Waals surface area contributed by atoms with Gasteiger partial charge >= 0.3 is 6.03 Å². The topological polar surface area (TPSA) is 98.5 Å². The molecular weight excluding hydrogens is 272 g/mol. The molecule has 0 radical (unpaired) electrons. The van der Waals surface area contributed by atoms with Gasteiger partial charge in [-0.05, 0) is 32.0 Å². The number of halogens is 1. The number of hydrogen-bond acceptors (Lipinski definition) is 4. The highest BCUT2D eigenvalue weighted by Gasteiger charge is 2.17. The van der Waals surface area contributed by atoms with Gasteiger partial charge in [-0.3, -0.25) is 14.9 Å². The molecule has 0 aliphatic rings. The normalized spacial score (nSPS) is 11.5. The lowest BCUT2D eigenvalue weighted by molar-refractivity contribution is -0.126. The van der Waals surface area contributed by atoms with Crippen LogP contribution in [0.15, 0.2) is 18.2 Å². The summed E-state index contributed by atoms with van der Waals surface area (Å²) in [5.74, 6) is -0.578. The minimum absolute atomic E-state index is 0.132. The SMILES string of the molecule is CC(=O)c1ccc(OC(C)C(=O)NC(N)=O)c(Cl)c1. The van der Waals surface area contributed by atoms with E-state index < -0.39 is 18.0 Å². The van der Waals surface area contributed by atoms with E-state index in [4.69, 9.17) is 22.1 Å². The molecule has 0 saturated carbocycles. The number of carbonyl (C=O) groups is 3. The summed E-state index contributed by atoms with van der Waals surface area (Å²) in [6.07, 6.45) is -0.951. The third kappa shape index (κ3) is 4.26. The summed E-state index contributed by atoms with van der Waals surface area (Å²) in [6.45, 7) is 2.85. The molecule has 1 aromatic rings. The summed E-state index contributed by atoms with van der Waals surface area (Å²) < 4.78 is 5.28. The standard InChI is InChI=1S/C12H13ClN2O4/c1-6(16)8-3-4-10(9(13)5-8)19-7(2)11(17)15-12(14)18/h3-5,7H,1-2H3,(H3,14,15,17,18). The van der Waals surface area contributed by atoms with E-state index in [9.17, 15) is 14.4 Å². The summed E-state index contributed by atoms with van der Waals surface area (Å²) in [6, 6.07) is 3.49. The molecule has 0 aliphatic carbocycles. The van der Waals surface area contributed by atoms with Crippen molar-refractivity contribution in [3.05, 3.63) is 28.8 Å². The van der Waals surface area contributed by atoms with Gasteiger partial charge in [0.25, 0.3) is 5.91 Å². The third-order valence-electron chi connectivity index (χ3n) is 2.26. The van der Waals surface area contributed by atoms with E-state index in [-0.39, 0.29) is 16.6 Å². The Hall–Kier alpha value is -2.08. The van der Waals surface area contributed by atoms with E-state index in [1.54, 1.807) is 0 Å². The zero-order valence-electron chi connectivity index (χ0n) is 10.4. The first-order valence-electron chi connectivity index (χ1n) is 5.38. The van der Waals surface area contributed by atoms with Crippen molar-refractivity contribution in [2.45, 2.75) is 20.0 Å². The van der Waals surface area contributed by atoms with Crippen LogP contribution < -0.4 is 15.8 Å². The quantitative estimate of drug-likeness (QED) is 0.819. The number of urea groups is 1. The molecule has 19 heavy (non-hydrogen) atoms. The molecule has 1 unspecified atom stereocenters. The highest BCUT2D eigenvalue weighted by molar-refractivity contribution is 6.32. The predicted octanol–water partition coefficient (Wildman–Crippen LogP) is 1.50. The molecular formula is C12H13ClN2O4. The monoisotopic (exact) mass is 284 g/mol. The maximum absolute atomic E-state index is 11.4. The number of benzene rings is 1. The summed E-state index contributed by atoms with van der Waals surface area (Å²) in [4.78, 5) is 33.1. The Balaban J connectivity index is 2.80. The summed E-state index contributed by atoms with van der Waals surface area (Å²) in [7, 11) is 0. The Morgan fingerprint density at radius 2 is 2.00 bits per heavy atom. The predicted molar refractivity (Wildman–Crippen MR) is 69.3 cm³/mol. The van der Waals surface area contributed by atoms with Crippen LogP contribution in [0.1, 0.15) is 24.2 Å². The summed E-state index contributed by atoms with van der Waals surface area (Å²) in [5.41, 5.74) is 5.25. The minimum atomic E-state index is -0.960. The molecule has 0 bridgehead atoms. The van der Waals surface area contributed by atoms with Gasteiger partial charge in [0.15, 0.2) is 11.9 Å². The van der Waals surface area contributed by atoms with Gasteiger partial charge in [-0.15, -0.1) is 0 Å². The fourth-order valence-electron chi connectivity index (χ4n) is 1.28. The number of Topliss-reactive ketones (excluding diaryl/α,β-unsaturated/α-hetero) is 1. The van der Waals surface area contributed by atoms with Gasteiger partial charge in [0.05, 0.1) is 5.02 Å². The molecule has 0 saturated heterocycles. The lowest BCUT2D eigenvalue weighted by atomic mass is 10.1. The summed E-state index contributed by atoms with van der Waals surface area (Å²) >= 11 is 5.93. The molecule has 3 N–H and O–H groups in total. The van der Waals surface area contributed by atoms with E-state index in [1.807, 2.05) is 5.32 Å². The molecule has 1 atom stereocenters. The summed E-state index contributed by atoms with van der Waals surface area (Å²) in [5, 5.41) is 2.09. The third-order valence-corrected chi connectivity index (χ3v) is 2.55. The maximum Gasteiger partial charge on any atom is 0.318 e. The van der Waals surface area contributed by atoms with Crippen molar-refractivity contribution in [2.24, 2.45) is 5.73 Å². The van der Waals surface area contributed by atoms with E-state index >= 15 is 0 Å². The van der Waals surface area contributed by atoms with Crippen LogP contribution in [0.3, 0.4) is 0 Å². The number of ketones is 1. The Morgan fingerprint density at radius 1 is 1.37 bits per heavy atom. The van der Waals surface area contributed by atoms with Crippen LogP contribution in [-0.2, 0) is 4.79 Å². The van der Waals surface area contributed by atoms with Crippen molar-refractivity contribution in [2.75, 3.05) is 0 Å². The average molecular weight is 285 g/mol. The number of nitrogens with two attached hydrogens (primary N) is 1. The van der Waals surface area contributed by atoms with Gasteiger partial charge in [0.2, 0.25) is 0 Å². The van der Waals surface area contributed by atoms with Crippen molar-refractivity contribution in [1.29, 1.82) is 0 Å². The van der Waals surface area contributed by atoms with Crippen LogP contribution in [0.5, 0.6) is 5.75 Å². The highest BCUT2D eigenvalue weighted by Crippen LogP contribution is 2.26. The molecule has 0 aromatic heterocycles. The number of nitrogens with one attached hydrogen (secondary N) is 1. The number of ether oxygens (including phenoxy) is 1. The molecule has 0 fully saturated rings. The molecule has 0 aliphatic heterocycles. The van der Waals surface area contributed by atoms with Crippen LogP contribution >= 0.6 is 11.6 Å². The van der Waals surface area contributed by atoms with Crippen LogP contribution in [0.2, 0.25) is 5.02 Å². The van der Waals surface area contributed by atoms with Gasteiger partial charge < -0.3 is 10.5 Å². The Morgan fingerprint density at radius 3 is 2.47 bits per heavy atom. The average Bonchev–Trinajstić information content (AvgIpc) is 2.30.